The summed E-state index contributed by atoms with van der Waals surface area (Å²) in [4.78, 5) is 0. The van der Waals surface area contributed by atoms with Gasteiger partial charge in [-0.2, -0.15) is 5.10 Å². The molecular formula is C16H21ClFN3. The summed E-state index contributed by atoms with van der Waals surface area (Å²) in [6, 6.07) is 4.80. The zero-order valence-corrected chi connectivity index (χ0v) is 13.6. The summed E-state index contributed by atoms with van der Waals surface area (Å²) in [6.07, 6.45) is 1.67. The third-order valence-electron chi connectivity index (χ3n) is 4.03. The molecule has 0 fully saturated rings. The molecule has 1 aromatic carbocycles. The molecule has 2 aromatic rings. The maximum atomic E-state index is 14.0. The zero-order valence-electron chi connectivity index (χ0n) is 12.9. The number of nitrogens with zero attached hydrogens (tertiary/aromatic N) is 2. The zero-order chi connectivity index (χ0) is 15.6. The molecule has 0 amide bonds. The lowest BCUT2D eigenvalue weighted by atomic mass is 9.98. The number of nitrogens with one attached hydrogen (secondary N) is 1. The van der Waals surface area contributed by atoms with E-state index >= 15 is 0 Å². The molecule has 0 aliphatic heterocycles. The highest BCUT2D eigenvalue weighted by molar-refractivity contribution is 6.30. The topological polar surface area (TPSA) is 29.9 Å². The van der Waals surface area contributed by atoms with Crippen molar-refractivity contribution in [1.29, 1.82) is 0 Å². The number of halogens is 2. The lowest BCUT2D eigenvalue weighted by Gasteiger charge is -2.17. The third-order valence-corrected chi connectivity index (χ3v) is 4.26. The van der Waals surface area contributed by atoms with Crippen LogP contribution in [-0.4, -0.2) is 16.8 Å². The van der Waals surface area contributed by atoms with Gasteiger partial charge in [-0.1, -0.05) is 17.7 Å². The molecule has 0 saturated heterocycles. The minimum absolute atomic E-state index is 0.0405. The van der Waals surface area contributed by atoms with E-state index in [1.54, 1.807) is 12.1 Å². The molecular weight excluding hydrogens is 289 g/mol. The van der Waals surface area contributed by atoms with E-state index in [4.69, 9.17) is 11.6 Å². The molecule has 114 valence electrons. The quantitative estimate of drug-likeness (QED) is 0.912. The Morgan fingerprint density at radius 1 is 1.38 bits per heavy atom. The van der Waals surface area contributed by atoms with E-state index in [0.717, 1.165) is 18.5 Å². The Kier molecular flexibility index (Phi) is 5.01. The molecule has 0 bridgehead atoms. The summed E-state index contributed by atoms with van der Waals surface area (Å²) < 4.78 is 15.9. The van der Waals surface area contributed by atoms with Crippen LogP contribution in [0.1, 0.15) is 35.0 Å². The van der Waals surface area contributed by atoms with E-state index in [-0.39, 0.29) is 11.9 Å². The third kappa shape index (κ3) is 3.44. The Morgan fingerprint density at radius 2 is 2.10 bits per heavy atom. The van der Waals surface area contributed by atoms with Crippen molar-refractivity contribution < 1.29 is 4.39 Å². The maximum absolute atomic E-state index is 14.0. The Bertz CT molecular complexity index is 637. The Labute approximate surface area is 130 Å². The number of rotatable bonds is 5. The lowest BCUT2D eigenvalue weighted by Crippen LogP contribution is -2.18. The van der Waals surface area contributed by atoms with Gasteiger partial charge in [0.1, 0.15) is 5.82 Å². The maximum Gasteiger partial charge on any atom is 0.129 e. The second-order valence-corrected chi connectivity index (χ2v) is 5.76. The van der Waals surface area contributed by atoms with E-state index < -0.39 is 0 Å². The number of benzene rings is 1. The fourth-order valence-electron chi connectivity index (χ4n) is 2.71. The molecule has 1 heterocycles. The minimum Gasteiger partial charge on any atom is -0.313 e. The Morgan fingerprint density at radius 3 is 2.62 bits per heavy atom. The highest BCUT2D eigenvalue weighted by Gasteiger charge is 2.17. The van der Waals surface area contributed by atoms with Crippen molar-refractivity contribution in [2.24, 2.45) is 7.05 Å². The first-order chi connectivity index (χ1) is 9.93. The molecule has 1 aromatic heterocycles. The smallest absolute Gasteiger partial charge is 0.129 e. The van der Waals surface area contributed by atoms with Crippen LogP contribution in [0.4, 0.5) is 4.39 Å². The number of hydrogen-bond donors (Lipinski definition) is 1. The van der Waals surface area contributed by atoms with Gasteiger partial charge in [-0.15, -0.1) is 0 Å². The average Bonchev–Trinajstić information content (AvgIpc) is 2.67. The van der Waals surface area contributed by atoms with Crippen LogP contribution in [-0.2, 0) is 13.5 Å². The second kappa shape index (κ2) is 6.58. The van der Waals surface area contributed by atoms with Crippen molar-refractivity contribution >= 4 is 11.6 Å². The molecule has 21 heavy (non-hydrogen) atoms. The normalized spacial score (nSPS) is 12.7. The van der Waals surface area contributed by atoms with E-state index in [1.807, 2.05) is 25.7 Å². The fraction of sp³-hybridized carbons (Fsp3) is 0.438. The fourth-order valence-corrected chi connectivity index (χ4v) is 2.87. The summed E-state index contributed by atoms with van der Waals surface area (Å²) >= 11 is 5.81. The van der Waals surface area contributed by atoms with Crippen molar-refractivity contribution in [1.82, 2.24) is 15.1 Å². The average molecular weight is 310 g/mol. The van der Waals surface area contributed by atoms with Crippen LogP contribution in [0, 0.1) is 19.7 Å². The standard InChI is InChI=1S/C16H21ClFN3/c1-10-13(11(2)21(4)20-10)7-8-16(19-3)14-6-5-12(17)9-15(14)18/h5-6,9,16,19H,7-8H2,1-4H3. The molecule has 1 N–H and O–H groups in total. The molecule has 1 unspecified atom stereocenters. The van der Waals surface area contributed by atoms with Crippen LogP contribution in [0.25, 0.3) is 0 Å². The number of hydrogen-bond acceptors (Lipinski definition) is 2. The van der Waals surface area contributed by atoms with Crippen LogP contribution in [0.3, 0.4) is 0 Å². The summed E-state index contributed by atoms with van der Waals surface area (Å²) in [5.41, 5.74) is 4.11. The predicted octanol–water partition coefficient (Wildman–Crippen LogP) is 3.72. The Hall–Kier alpha value is -1.39. The van der Waals surface area contributed by atoms with Gasteiger partial charge in [-0.05, 0) is 51.4 Å². The summed E-state index contributed by atoms with van der Waals surface area (Å²) in [7, 11) is 3.79. The van der Waals surface area contributed by atoms with Crippen molar-refractivity contribution in [3.63, 3.8) is 0 Å². The highest BCUT2D eigenvalue weighted by Crippen LogP contribution is 2.25. The van der Waals surface area contributed by atoms with E-state index in [0.29, 0.717) is 10.6 Å². The van der Waals surface area contributed by atoms with E-state index in [2.05, 4.69) is 17.3 Å². The molecule has 0 radical (unpaired) electrons. The monoisotopic (exact) mass is 309 g/mol. The van der Waals surface area contributed by atoms with E-state index in [9.17, 15) is 4.39 Å². The van der Waals surface area contributed by atoms with Gasteiger partial charge in [0.15, 0.2) is 0 Å². The molecule has 1 atom stereocenters. The van der Waals surface area contributed by atoms with Crippen molar-refractivity contribution in [2.75, 3.05) is 7.05 Å². The molecule has 0 saturated carbocycles. The SMILES string of the molecule is CNC(CCc1c(C)nn(C)c1C)c1ccc(Cl)cc1F. The summed E-state index contributed by atoms with van der Waals surface area (Å²) in [5, 5.41) is 8.03. The highest BCUT2D eigenvalue weighted by atomic mass is 35.5. The van der Waals surface area contributed by atoms with Crippen LogP contribution in [0.5, 0.6) is 0 Å². The van der Waals surface area contributed by atoms with Gasteiger partial charge in [0, 0.05) is 29.4 Å². The summed E-state index contributed by atoms with van der Waals surface area (Å²) in [5.74, 6) is -0.263. The lowest BCUT2D eigenvalue weighted by molar-refractivity contribution is 0.508. The number of aryl methyl sites for hydroxylation is 2. The van der Waals surface area contributed by atoms with Crippen LogP contribution in [0.2, 0.25) is 5.02 Å². The van der Waals surface area contributed by atoms with Gasteiger partial charge in [0.2, 0.25) is 0 Å². The molecule has 2 rings (SSSR count). The Balaban J connectivity index is 2.16. The van der Waals surface area contributed by atoms with Gasteiger partial charge in [0.25, 0.3) is 0 Å². The number of aromatic nitrogens is 2. The predicted molar refractivity (Wildman–Crippen MR) is 84.2 cm³/mol. The van der Waals surface area contributed by atoms with Crippen LogP contribution >= 0.6 is 11.6 Å². The first-order valence-electron chi connectivity index (χ1n) is 7.05. The van der Waals surface area contributed by atoms with Crippen molar-refractivity contribution in [3.8, 4) is 0 Å². The second-order valence-electron chi connectivity index (χ2n) is 5.32. The molecule has 0 spiro atoms. The van der Waals surface area contributed by atoms with Gasteiger partial charge in [0.05, 0.1) is 5.69 Å². The van der Waals surface area contributed by atoms with Gasteiger partial charge >= 0.3 is 0 Å². The van der Waals surface area contributed by atoms with E-state index in [1.165, 1.54) is 17.3 Å². The first kappa shape index (κ1) is 16.0. The molecule has 0 aliphatic rings. The van der Waals surface area contributed by atoms with Gasteiger partial charge in [-0.3, -0.25) is 4.68 Å². The minimum atomic E-state index is -0.263. The van der Waals surface area contributed by atoms with Gasteiger partial charge < -0.3 is 5.32 Å². The van der Waals surface area contributed by atoms with Crippen molar-refractivity contribution in [3.05, 3.63) is 51.6 Å². The van der Waals surface area contributed by atoms with Crippen molar-refractivity contribution in [2.45, 2.75) is 32.7 Å². The molecule has 0 aliphatic carbocycles. The van der Waals surface area contributed by atoms with Crippen LogP contribution in [0.15, 0.2) is 18.2 Å². The molecule has 5 heteroatoms. The first-order valence-corrected chi connectivity index (χ1v) is 7.43. The summed E-state index contributed by atoms with van der Waals surface area (Å²) in [6.45, 7) is 4.08. The molecule has 3 nitrogen and oxygen atoms in total. The van der Waals surface area contributed by atoms with Crippen LogP contribution < -0.4 is 5.32 Å². The van der Waals surface area contributed by atoms with Gasteiger partial charge in [-0.25, -0.2) is 4.39 Å². The largest absolute Gasteiger partial charge is 0.313 e.